The van der Waals surface area contributed by atoms with Crippen molar-refractivity contribution in [3.05, 3.63) is 111 Å². The van der Waals surface area contributed by atoms with Crippen molar-refractivity contribution in [2.75, 3.05) is 80.7 Å². The van der Waals surface area contributed by atoms with Crippen molar-refractivity contribution in [1.29, 1.82) is 0 Å². The molecule has 354 valence electrons. The monoisotopic (exact) mass is 972 g/mol. The van der Waals surface area contributed by atoms with Gasteiger partial charge in [0.25, 0.3) is 21.6 Å². The van der Waals surface area contributed by atoms with Crippen molar-refractivity contribution in [1.82, 2.24) is 24.5 Å². The molecule has 5 heterocycles. The number of hydrogen-bond acceptors (Lipinski definition) is 14. The number of pyridine rings is 1. The zero-order valence-electron chi connectivity index (χ0n) is 37.3. The summed E-state index contributed by atoms with van der Waals surface area (Å²) in [4.78, 5) is 39.3. The number of sulfonamides is 1. The van der Waals surface area contributed by atoms with Crippen LogP contribution in [0.2, 0.25) is 5.02 Å². The van der Waals surface area contributed by atoms with E-state index in [4.69, 9.17) is 21.1 Å². The number of ether oxygens (including phenoxy) is 2. The zero-order valence-corrected chi connectivity index (χ0v) is 39.7. The van der Waals surface area contributed by atoms with Gasteiger partial charge in [0, 0.05) is 92.9 Å². The third-order valence-corrected chi connectivity index (χ3v) is 16.3. The average molecular weight is 974 g/mol. The van der Waals surface area contributed by atoms with Gasteiger partial charge in [0.15, 0.2) is 21.3 Å². The van der Waals surface area contributed by atoms with Crippen LogP contribution in [0.4, 0.5) is 17.1 Å². The first-order valence-corrected chi connectivity index (χ1v) is 26.1. The first-order valence-electron chi connectivity index (χ1n) is 22.4. The molecule has 2 aromatic heterocycles. The predicted molar refractivity (Wildman–Crippen MR) is 258 cm³/mol. The number of fused-ring (bicyclic) bond motifs is 2. The third-order valence-electron chi connectivity index (χ3n) is 13.2. The number of carbonyl (C=O) groups is 1. The maximum atomic E-state index is 14.1. The zero-order chi connectivity index (χ0) is 47.1. The maximum Gasteiger partial charge on any atom is 0.297 e. The molecule has 17 nitrogen and oxygen atoms in total. The molecule has 0 saturated carbocycles. The van der Waals surface area contributed by atoms with E-state index in [2.05, 4.69) is 55.8 Å². The molecular weight excluding hydrogens is 920 g/mol. The van der Waals surface area contributed by atoms with Gasteiger partial charge in [-0.15, -0.1) is 0 Å². The van der Waals surface area contributed by atoms with E-state index in [1.165, 1.54) is 29.0 Å². The molecule has 1 amide bonds. The van der Waals surface area contributed by atoms with Crippen molar-refractivity contribution < 1.29 is 36.0 Å². The second-order valence-electron chi connectivity index (χ2n) is 18.5. The summed E-state index contributed by atoms with van der Waals surface area (Å²) in [6.07, 6.45) is 6.91. The van der Waals surface area contributed by atoms with Crippen molar-refractivity contribution in [2.45, 2.75) is 50.5 Å². The van der Waals surface area contributed by atoms with Crippen molar-refractivity contribution in [3.63, 3.8) is 0 Å². The minimum Gasteiger partial charge on any atom is -0.489 e. The Morgan fingerprint density at radius 1 is 1.01 bits per heavy atom. The summed E-state index contributed by atoms with van der Waals surface area (Å²) >= 11 is 6.25. The van der Waals surface area contributed by atoms with E-state index in [0.717, 1.165) is 67.1 Å². The largest absolute Gasteiger partial charge is 0.489 e. The van der Waals surface area contributed by atoms with Gasteiger partial charge in [-0.05, 0) is 78.6 Å². The Labute approximate surface area is 394 Å². The molecule has 67 heavy (non-hydrogen) atoms. The number of nitrogens with one attached hydrogen (secondary N) is 3. The number of piperazine rings is 1. The fourth-order valence-corrected chi connectivity index (χ4v) is 11.7. The number of amides is 1. The third kappa shape index (κ3) is 10.7. The van der Waals surface area contributed by atoms with E-state index >= 15 is 0 Å². The van der Waals surface area contributed by atoms with Crippen LogP contribution in [0.1, 0.15) is 55.5 Å². The lowest BCUT2D eigenvalue weighted by Gasteiger charge is -2.39. The van der Waals surface area contributed by atoms with Crippen LogP contribution in [-0.2, 0) is 19.9 Å². The summed E-state index contributed by atoms with van der Waals surface area (Å²) in [6.45, 7) is 9.94. The second kappa shape index (κ2) is 18.7. The number of benzene rings is 3. The topological polar surface area (TPSA) is 209 Å². The van der Waals surface area contributed by atoms with Crippen LogP contribution in [0.15, 0.2) is 89.6 Å². The van der Waals surface area contributed by atoms with Gasteiger partial charge >= 0.3 is 0 Å². The molecular formula is C47H53ClN8O9S2. The van der Waals surface area contributed by atoms with Crippen LogP contribution in [0, 0.1) is 15.5 Å². The number of aromatic nitrogens is 2. The van der Waals surface area contributed by atoms with E-state index in [9.17, 15) is 31.7 Å². The first kappa shape index (κ1) is 46.4. The highest BCUT2D eigenvalue weighted by molar-refractivity contribution is 7.91. The molecule has 3 N–H and O–H groups in total. The highest BCUT2D eigenvalue weighted by Crippen LogP contribution is 2.44. The van der Waals surface area contributed by atoms with Crippen LogP contribution in [0.5, 0.6) is 17.2 Å². The summed E-state index contributed by atoms with van der Waals surface area (Å²) < 4.78 is 65.9. The molecule has 0 radical (unpaired) electrons. The number of rotatable bonds is 13. The number of halogens is 1. The molecule has 0 bridgehead atoms. The van der Waals surface area contributed by atoms with Crippen LogP contribution in [-0.4, -0.2) is 124 Å². The fraction of sp³-hybridized carbons (Fsp3) is 0.404. The van der Waals surface area contributed by atoms with Crippen LogP contribution < -0.4 is 24.4 Å². The number of carbonyl (C=O) groups excluding carboxylic acids is 1. The molecule has 20 heteroatoms. The lowest BCUT2D eigenvalue weighted by molar-refractivity contribution is -0.384. The molecule has 5 aromatic rings. The van der Waals surface area contributed by atoms with Crippen LogP contribution in [0.25, 0.3) is 16.6 Å². The van der Waals surface area contributed by atoms with E-state index in [-0.39, 0.29) is 52.3 Å². The molecule has 0 spiro atoms. The minimum atomic E-state index is -4.70. The Bertz CT molecular complexity index is 2960. The normalized spacial score (nSPS) is 19.9. The Kier molecular flexibility index (Phi) is 13.0. The molecule has 4 aliphatic rings. The van der Waals surface area contributed by atoms with Crippen molar-refractivity contribution >= 4 is 71.0 Å². The number of aromatic amines is 1. The number of nitrogens with zero attached hydrogens (tertiary/aromatic N) is 5. The van der Waals surface area contributed by atoms with Crippen molar-refractivity contribution in [2.24, 2.45) is 5.41 Å². The molecule has 3 aromatic carbocycles. The fourth-order valence-electron chi connectivity index (χ4n) is 9.25. The molecule has 2 fully saturated rings. The summed E-state index contributed by atoms with van der Waals surface area (Å²) in [6, 6.07) is 18.4. The lowest BCUT2D eigenvalue weighted by atomic mass is 9.72. The summed E-state index contributed by atoms with van der Waals surface area (Å²) in [7, 11) is -7.74. The Balaban J connectivity index is 0.919. The maximum absolute atomic E-state index is 14.1. The Morgan fingerprint density at radius 3 is 2.52 bits per heavy atom. The van der Waals surface area contributed by atoms with Gasteiger partial charge in [-0.1, -0.05) is 43.2 Å². The molecule has 2 saturated heterocycles. The van der Waals surface area contributed by atoms with Crippen molar-refractivity contribution in [3.8, 4) is 17.2 Å². The quantitative estimate of drug-likeness (QED) is 0.0794. The highest BCUT2D eigenvalue weighted by atomic mass is 35.5. The number of nitro benzene ring substituents is 1. The Hall–Kier alpha value is -5.73. The predicted octanol–water partition coefficient (Wildman–Crippen LogP) is 7.11. The van der Waals surface area contributed by atoms with Gasteiger partial charge in [0.1, 0.15) is 23.8 Å². The number of anilines is 2. The SMILES string of the molecule is CC1(C)CCC(CN2CCN(c3ccc(C(=O)NS(=O)(=O)c4cc5c(c([N+](=O)[O-])c4)N[C@H](CCN4CCS(=O)(=O)CC4)CO5)c(Oc4cnc5[nH]ccc5c4)c3)CC2)=C(c2ccc(Cl)cc2)C1. The standard InChI is InChI=1S/C47H53ClN8O9S2/c1-47(2)12-9-33(40(27-47)31-3-5-34(48)6-4-31)29-54-15-17-55(18-16-54)36-7-8-39(42(24-36)65-37-23-32-10-13-49-45(32)50-28-37)46(57)52-67(62,63)38-25-41(56(58)59)44-43(26-38)64-30-35(51-44)11-14-53-19-21-66(60,61)22-20-53/h3-8,10,13,23-26,28,35,51H,9,11-12,14-22,27,29-30H2,1-2H3,(H,49,50)(H,52,57)/t35-/m1/s1. The van der Waals surface area contributed by atoms with E-state index < -0.39 is 41.3 Å². The van der Waals surface area contributed by atoms with Crippen LogP contribution in [0.3, 0.4) is 0 Å². The molecule has 1 aliphatic carbocycles. The lowest BCUT2D eigenvalue weighted by Crippen LogP contribution is -2.47. The number of hydrogen-bond donors (Lipinski definition) is 3. The van der Waals surface area contributed by atoms with Crippen LogP contribution >= 0.6 is 11.6 Å². The van der Waals surface area contributed by atoms with Gasteiger partial charge in [-0.2, -0.15) is 0 Å². The van der Waals surface area contributed by atoms with Gasteiger partial charge < -0.3 is 29.6 Å². The van der Waals surface area contributed by atoms with Gasteiger partial charge in [0.2, 0.25) is 0 Å². The van der Waals surface area contributed by atoms with E-state index in [0.29, 0.717) is 50.5 Å². The second-order valence-corrected chi connectivity index (χ2v) is 22.9. The minimum absolute atomic E-state index is 0.0191. The van der Waals surface area contributed by atoms with E-state index in [1.54, 1.807) is 24.4 Å². The average Bonchev–Trinajstić information content (AvgIpc) is 3.77. The molecule has 9 rings (SSSR count). The highest BCUT2D eigenvalue weighted by Gasteiger charge is 2.34. The van der Waals surface area contributed by atoms with Gasteiger partial charge in [0.05, 0.1) is 39.1 Å². The first-order chi connectivity index (χ1) is 32.0. The summed E-state index contributed by atoms with van der Waals surface area (Å²) in [5.74, 6) is -0.487. The number of allylic oxidation sites excluding steroid dienone is 1. The Morgan fingerprint density at radius 2 is 1.78 bits per heavy atom. The van der Waals surface area contributed by atoms with Gasteiger partial charge in [-0.3, -0.25) is 19.8 Å². The number of sulfone groups is 1. The number of nitro groups is 1. The van der Waals surface area contributed by atoms with E-state index in [1.807, 2.05) is 23.1 Å². The number of H-pyrrole nitrogens is 1. The molecule has 0 unspecified atom stereocenters. The summed E-state index contributed by atoms with van der Waals surface area (Å²) in [5.41, 5.74) is 5.09. The van der Waals surface area contributed by atoms with Gasteiger partial charge in [-0.25, -0.2) is 26.5 Å². The molecule has 1 atom stereocenters. The summed E-state index contributed by atoms with van der Waals surface area (Å²) in [5, 5.41) is 17.0. The molecule has 3 aliphatic heterocycles. The smallest absolute Gasteiger partial charge is 0.297 e.